The molecule has 4 saturated carbocycles. The van der Waals surface area contributed by atoms with Gasteiger partial charge >= 0.3 is 11.9 Å². The van der Waals surface area contributed by atoms with Crippen molar-refractivity contribution in [2.75, 3.05) is 0 Å². The Kier molecular flexibility index (Phi) is 7.64. The van der Waals surface area contributed by atoms with E-state index >= 15 is 0 Å². The highest BCUT2D eigenvalue weighted by atomic mass is 16.4. The average Bonchev–Trinajstić information content (AvgIpc) is 3.10. The second-order valence-corrected chi connectivity index (χ2v) is 12.5. The number of nitrogens with one attached hydrogen (secondary N) is 1. The first kappa shape index (κ1) is 25.5. The number of hydrogen-bond donors (Lipinski definition) is 3. The Morgan fingerprint density at radius 3 is 2.21 bits per heavy atom. The molecule has 0 aromatic heterocycles. The molecule has 0 spiro atoms. The Balaban J connectivity index is 1.34. The maximum atomic E-state index is 12.3. The van der Waals surface area contributed by atoms with Crippen molar-refractivity contribution >= 4 is 17.8 Å². The fourth-order valence-corrected chi connectivity index (χ4v) is 9.17. The van der Waals surface area contributed by atoms with Crippen LogP contribution in [0.2, 0.25) is 0 Å². The number of aliphatic carboxylic acids is 2. The van der Waals surface area contributed by atoms with Crippen LogP contribution in [0.1, 0.15) is 110 Å². The van der Waals surface area contributed by atoms with E-state index in [9.17, 15) is 14.4 Å². The second-order valence-electron chi connectivity index (χ2n) is 12.5. The van der Waals surface area contributed by atoms with Gasteiger partial charge in [0.25, 0.3) is 0 Å². The molecule has 6 heteroatoms. The molecule has 192 valence electrons. The summed E-state index contributed by atoms with van der Waals surface area (Å²) < 4.78 is 0. The van der Waals surface area contributed by atoms with Gasteiger partial charge in [-0.1, -0.05) is 13.8 Å². The largest absolute Gasteiger partial charge is 0.481 e. The van der Waals surface area contributed by atoms with Crippen LogP contribution in [-0.4, -0.2) is 34.1 Å². The number of carbonyl (C=O) groups excluding carboxylic acids is 1. The standard InChI is InChI=1S/C28H45NO5/c1-27-16-14-23-21(22(27)12-10-18(27)5-3-7-25(31)32)11-9-19-17-20(13-15-28(19,23)2)29-24(30)6-4-8-26(33)34/h18-23H,3-17H2,1-2H3,(H,29,30)(H,31,32)(H,33,34). The lowest BCUT2D eigenvalue weighted by atomic mass is 9.44. The number of fused-ring (bicyclic) bond motifs is 5. The van der Waals surface area contributed by atoms with Crippen LogP contribution < -0.4 is 5.32 Å². The molecule has 1 amide bonds. The molecule has 4 rings (SSSR count). The molecule has 0 aromatic carbocycles. The Morgan fingerprint density at radius 1 is 0.794 bits per heavy atom. The lowest BCUT2D eigenvalue weighted by Crippen LogP contribution is -2.55. The zero-order chi connectivity index (χ0) is 24.5. The third-order valence-corrected chi connectivity index (χ3v) is 11.0. The van der Waals surface area contributed by atoms with Crippen molar-refractivity contribution in [3.8, 4) is 0 Å². The van der Waals surface area contributed by atoms with Gasteiger partial charge in [0, 0.05) is 25.3 Å². The topological polar surface area (TPSA) is 104 Å². The maximum Gasteiger partial charge on any atom is 0.303 e. The van der Waals surface area contributed by atoms with Gasteiger partial charge in [0.05, 0.1) is 0 Å². The van der Waals surface area contributed by atoms with Crippen molar-refractivity contribution in [2.45, 2.75) is 116 Å². The van der Waals surface area contributed by atoms with Crippen molar-refractivity contribution in [1.29, 1.82) is 0 Å². The van der Waals surface area contributed by atoms with E-state index in [0.717, 1.165) is 43.4 Å². The molecule has 8 unspecified atom stereocenters. The van der Waals surface area contributed by atoms with E-state index in [2.05, 4.69) is 19.2 Å². The minimum atomic E-state index is -0.838. The van der Waals surface area contributed by atoms with Crippen LogP contribution in [0.4, 0.5) is 0 Å². The summed E-state index contributed by atoms with van der Waals surface area (Å²) >= 11 is 0. The molecule has 34 heavy (non-hydrogen) atoms. The number of carboxylic acids is 2. The Morgan fingerprint density at radius 2 is 1.47 bits per heavy atom. The minimum Gasteiger partial charge on any atom is -0.481 e. The van der Waals surface area contributed by atoms with E-state index in [4.69, 9.17) is 10.2 Å². The zero-order valence-electron chi connectivity index (χ0n) is 21.2. The third kappa shape index (κ3) is 5.02. The quantitative estimate of drug-likeness (QED) is 0.400. The molecule has 4 fully saturated rings. The normalized spacial score (nSPS) is 41.1. The number of carboxylic acid groups (broad SMARTS) is 2. The van der Waals surface area contributed by atoms with Gasteiger partial charge in [-0.05, 0) is 117 Å². The first-order valence-electron chi connectivity index (χ1n) is 13.9. The molecule has 0 heterocycles. The fourth-order valence-electron chi connectivity index (χ4n) is 9.17. The maximum absolute atomic E-state index is 12.3. The van der Waals surface area contributed by atoms with Gasteiger partial charge in [-0.25, -0.2) is 0 Å². The molecule has 0 aromatic rings. The monoisotopic (exact) mass is 475 g/mol. The van der Waals surface area contributed by atoms with Crippen LogP contribution in [-0.2, 0) is 14.4 Å². The first-order chi connectivity index (χ1) is 16.1. The van der Waals surface area contributed by atoms with Crippen LogP contribution in [0.15, 0.2) is 0 Å². The predicted octanol–water partition coefficient (Wildman–Crippen LogP) is 5.64. The van der Waals surface area contributed by atoms with Crippen LogP contribution in [0, 0.1) is 40.4 Å². The molecule has 4 aliphatic rings. The van der Waals surface area contributed by atoms with E-state index in [1.54, 1.807) is 0 Å². The summed E-state index contributed by atoms with van der Waals surface area (Å²) in [4.78, 5) is 34.0. The van der Waals surface area contributed by atoms with Crippen LogP contribution in [0.5, 0.6) is 0 Å². The molecule has 0 bridgehead atoms. The van der Waals surface area contributed by atoms with Gasteiger partial charge in [-0.3, -0.25) is 14.4 Å². The number of carbonyl (C=O) groups is 3. The second kappa shape index (κ2) is 10.2. The van der Waals surface area contributed by atoms with Gasteiger partial charge in [0.2, 0.25) is 5.91 Å². The third-order valence-electron chi connectivity index (χ3n) is 11.0. The Hall–Kier alpha value is -1.59. The molecule has 0 radical (unpaired) electrons. The molecule has 8 atom stereocenters. The van der Waals surface area contributed by atoms with E-state index < -0.39 is 11.9 Å². The van der Waals surface area contributed by atoms with E-state index in [0.29, 0.717) is 41.9 Å². The van der Waals surface area contributed by atoms with Gasteiger partial charge in [0.15, 0.2) is 0 Å². The number of amides is 1. The van der Waals surface area contributed by atoms with Gasteiger partial charge in [-0.2, -0.15) is 0 Å². The summed E-state index contributed by atoms with van der Waals surface area (Å²) in [6, 6.07) is 0.242. The molecule has 0 aliphatic heterocycles. The summed E-state index contributed by atoms with van der Waals surface area (Å²) in [5.41, 5.74) is 0.764. The van der Waals surface area contributed by atoms with Gasteiger partial charge < -0.3 is 15.5 Å². The smallest absolute Gasteiger partial charge is 0.303 e. The van der Waals surface area contributed by atoms with Gasteiger partial charge in [0.1, 0.15) is 0 Å². The number of rotatable bonds is 9. The van der Waals surface area contributed by atoms with E-state index in [1.165, 1.54) is 44.9 Å². The van der Waals surface area contributed by atoms with Crippen LogP contribution in [0.3, 0.4) is 0 Å². The molecular weight excluding hydrogens is 430 g/mol. The van der Waals surface area contributed by atoms with Crippen LogP contribution in [0.25, 0.3) is 0 Å². The summed E-state index contributed by atoms with van der Waals surface area (Å²) in [6.07, 6.45) is 14.1. The predicted molar refractivity (Wildman–Crippen MR) is 130 cm³/mol. The van der Waals surface area contributed by atoms with Crippen molar-refractivity contribution in [3.05, 3.63) is 0 Å². The lowest BCUT2D eigenvalue weighted by molar-refractivity contribution is -0.138. The van der Waals surface area contributed by atoms with Crippen molar-refractivity contribution < 1.29 is 24.6 Å². The van der Waals surface area contributed by atoms with Gasteiger partial charge in [-0.15, -0.1) is 0 Å². The van der Waals surface area contributed by atoms with Crippen LogP contribution >= 0.6 is 0 Å². The van der Waals surface area contributed by atoms with E-state index in [-0.39, 0.29) is 18.4 Å². The molecular formula is C28H45NO5. The number of hydrogen-bond acceptors (Lipinski definition) is 3. The molecule has 0 saturated heterocycles. The highest BCUT2D eigenvalue weighted by Gasteiger charge is 2.59. The average molecular weight is 476 g/mol. The van der Waals surface area contributed by atoms with Crippen molar-refractivity contribution in [1.82, 2.24) is 5.32 Å². The summed E-state index contributed by atoms with van der Waals surface area (Å²) in [6.45, 7) is 5.07. The molecule has 6 nitrogen and oxygen atoms in total. The van der Waals surface area contributed by atoms with Crippen molar-refractivity contribution in [3.63, 3.8) is 0 Å². The first-order valence-corrected chi connectivity index (χ1v) is 13.9. The zero-order valence-corrected chi connectivity index (χ0v) is 21.2. The summed E-state index contributed by atoms with van der Waals surface area (Å²) in [5, 5.41) is 21.1. The summed E-state index contributed by atoms with van der Waals surface area (Å²) in [7, 11) is 0. The van der Waals surface area contributed by atoms with E-state index in [1.807, 2.05) is 0 Å². The fraction of sp³-hybridized carbons (Fsp3) is 0.893. The van der Waals surface area contributed by atoms with Crippen molar-refractivity contribution in [2.24, 2.45) is 40.4 Å². The lowest BCUT2D eigenvalue weighted by Gasteiger charge is -2.61. The summed E-state index contributed by atoms with van der Waals surface area (Å²) in [5.74, 6) is 2.26. The minimum absolute atomic E-state index is 0.0110. The highest BCUT2D eigenvalue weighted by molar-refractivity contribution is 5.77. The SMILES string of the molecule is CC12CCC3C(CCC4CC(NC(=O)CCCC(=O)O)CCC43C)C1CCC2CCCC(=O)O. The molecule has 4 aliphatic carbocycles. The molecule has 3 N–H and O–H groups in total. The Labute approximate surface area is 204 Å². The Bertz CT molecular complexity index is 783. The highest BCUT2D eigenvalue weighted by Crippen LogP contribution is 2.67.